The van der Waals surface area contributed by atoms with Crippen molar-refractivity contribution >= 4 is 44.2 Å². The lowest BCUT2D eigenvalue weighted by Crippen LogP contribution is -2.33. The average molecular weight is 591 g/mol. The maximum atomic E-state index is 13.1. The van der Waals surface area contributed by atoms with Crippen LogP contribution in [0.15, 0.2) is 55.0 Å². The first kappa shape index (κ1) is 27.8. The molecular weight excluding hydrogens is 569 g/mol. The number of halogens is 3. The Morgan fingerprint density at radius 2 is 1.78 bits per heavy atom. The van der Waals surface area contributed by atoms with E-state index in [1.54, 1.807) is 6.07 Å². The number of aromatic nitrogens is 4. The Balaban J connectivity index is 1.27. The van der Waals surface area contributed by atoms with Crippen molar-refractivity contribution in [1.82, 2.24) is 20.2 Å². The van der Waals surface area contributed by atoms with E-state index in [0.29, 0.717) is 35.2 Å². The van der Waals surface area contributed by atoms with E-state index in [0.717, 1.165) is 28.3 Å². The first-order valence-corrected chi connectivity index (χ1v) is 14.0. The third kappa shape index (κ3) is 6.21. The number of amides is 3. The van der Waals surface area contributed by atoms with E-state index in [4.69, 9.17) is 9.47 Å². The van der Waals surface area contributed by atoms with E-state index in [1.165, 1.54) is 30.5 Å². The predicted octanol–water partition coefficient (Wildman–Crippen LogP) is 3.95. The quantitative estimate of drug-likeness (QED) is 0.226. The van der Waals surface area contributed by atoms with Gasteiger partial charge in [0, 0.05) is 12.5 Å². The van der Waals surface area contributed by atoms with Crippen LogP contribution in [-0.2, 0) is 20.8 Å². The molecule has 1 saturated heterocycles. The number of nitrogens with one attached hydrogen (secondary N) is 1. The summed E-state index contributed by atoms with van der Waals surface area (Å²) in [6.45, 7) is -0.315. The van der Waals surface area contributed by atoms with Crippen molar-refractivity contribution < 1.29 is 40.7 Å². The fourth-order valence-corrected chi connectivity index (χ4v) is 4.65. The van der Waals surface area contributed by atoms with Crippen molar-refractivity contribution in [1.29, 1.82) is 0 Å². The molecule has 1 N–H and O–H groups in total. The molecule has 0 aliphatic carbocycles. The van der Waals surface area contributed by atoms with Crippen LogP contribution in [0.1, 0.15) is 12.0 Å². The molecule has 3 amide bonds. The first-order chi connectivity index (χ1) is 19.4. The van der Waals surface area contributed by atoms with Gasteiger partial charge in [0.25, 0.3) is 5.91 Å². The number of imide groups is 1. The Morgan fingerprint density at radius 3 is 2.49 bits per heavy atom. The van der Waals surface area contributed by atoms with Gasteiger partial charge in [-0.3, -0.25) is 19.8 Å². The minimum atomic E-state index is -4.66. The number of rotatable bonds is 9. The molecule has 4 aromatic rings. The monoisotopic (exact) mass is 590 g/mol. The molecule has 16 heteroatoms. The molecule has 3 aromatic heterocycles. The van der Waals surface area contributed by atoms with Crippen molar-refractivity contribution in [2.24, 2.45) is 0 Å². The fourth-order valence-electron chi connectivity index (χ4n) is 4.00. The predicted molar refractivity (Wildman–Crippen MR) is 140 cm³/mol. The maximum absolute atomic E-state index is 13.1. The molecule has 0 saturated carbocycles. The summed E-state index contributed by atoms with van der Waals surface area (Å²) in [5.41, 5.74) is -0.564. The van der Waals surface area contributed by atoms with Gasteiger partial charge >= 0.3 is 12.2 Å². The van der Waals surface area contributed by atoms with Gasteiger partial charge in [0.15, 0.2) is 5.65 Å². The lowest BCUT2D eigenvalue weighted by atomic mass is 10.2. The lowest BCUT2D eigenvalue weighted by Gasteiger charge is -2.18. The number of pyridine rings is 2. The molecule has 1 aromatic carbocycles. The van der Waals surface area contributed by atoms with Crippen LogP contribution in [0.3, 0.4) is 0 Å². The number of H-pyrrole nitrogens is 1. The van der Waals surface area contributed by atoms with Gasteiger partial charge in [-0.05, 0) is 42.8 Å². The van der Waals surface area contributed by atoms with Crippen LogP contribution in [0.4, 0.5) is 29.3 Å². The second kappa shape index (κ2) is 10.7. The topological polar surface area (TPSA) is 148 Å². The summed E-state index contributed by atoms with van der Waals surface area (Å²) in [6, 6.07) is 7.50. The molecule has 0 unspecified atom stereocenters. The van der Waals surface area contributed by atoms with E-state index in [1.807, 2.05) is 0 Å². The van der Waals surface area contributed by atoms with Crippen molar-refractivity contribution in [3.8, 4) is 17.4 Å². The van der Waals surface area contributed by atoms with Gasteiger partial charge < -0.3 is 9.47 Å². The van der Waals surface area contributed by atoms with Crippen LogP contribution in [0, 0.1) is 0 Å². The summed E-state index contributed by atoms with van der Waals surface area (Å²) in [7, 11) is -3.11. The highest BCUT2D eigenvalue weighted by molar-refractivity contribution is 7.90. The van der Waals surface area contributed by atoms with Gasteiger partial charge in [-0.15, -0.1) is 5.10 Å². The highest BCUT2D eigenvalue weighted by atomic mass is 32.2. The number of sulfone groups is 1. The van der Waals surface area contributed by atoms with Crippen LogP contribution >= 0.6 is 0 Å². The number of carbonyl (C=O) groups is 2. The number of fused-ring (bicyclic) bond motifs is 1. The molecule has 1 fully saturated rings. The lowest BCUT2D eigenvalue weighted by molar-refractivity contribution is -0.137. The maximum Gasteiger partial charge on any atom is 0.417 e. The minimum absolute atomic E-state index is 0.0208. The summed E-state index contributed by atoms with van der Waals surface area (Å²) in [6.07, 6.45) is -0.0608. The number of hydrogen-bond acceptors (Lipinski definition) is 9. The SMILES string of the molecule is CS(=O)(=O)CCCOc1n[nH]c2ncc(Oc3ccc(N4C(=O)CN(c5cncc(C(F)(F)F)c5)C4=O)cc3)cc12. The summed E-state index contributed by atoms with van der Waals surface area (Å²) in [5, 5.41) is 7.27. The molecule has 214 valence electrons. The minimum Gasteiger partial charge on any atom is -0.476 e. The van der Waals surface area contributed by atoms with Gasteiger partial charge in [0.2, 0.25) is 5.88 Å². The van der Waals surface area contributed by atoms with Crippen LogP contribution in [0.25, 0.3) is 11.0 Å². The zero-order chi connectivity index (χ0) is 29.4. The van der Waals surface area contributed by atoms with Gasteiger partial charge in [-0.2, -0.15) is 13.2 Å². The number of alkyl halides is 3. The summed E-state index contributed by atoms with van der Waals surface area (Å²) < 4.78 is 73.2. The van der Waals surface area contributed by atoms with Crippen molar-refractivity contribution in [2.75, 3.05) is 35.0 Å². The van der Waals surface area contributed by atoms with E-state index in [9.17, 15) is 31.2 Å². The average Bonchev–Trinajstić information content (AvgIpc) is 3.45. The van der Waals surface area contributed by atoms with Gasteiger partial charge in [0.1, 0.15) is 27.9 Å². The molecule has 4 heterocycles. The largest absolute Gasteiger partial charge is 0.476 e. The summed E-state index contributed by atoms with van der Waals surface area (Å²) in [5.74, 6) is 0.247. The Bertz CT molecular complexity index is 1730. The number of urea groups is 1. The molecule has 0 bridgehead atoms. The van der Waals surface area contributed by atoms with Gasteiger partial charge in [-0.1, -0.05) is 0 Å². The smallest absolute Gasteiger partial charge is 0.417 e. The highest BCUT2D eigenvalue weighted by Crippen LogP contribution is 2.34. The van der Waals surface area contributed by atoms with Crippen molar-refractivity contribution in [3.05, 3.63) is 60.6 Å². The zero-order valence-electron chi connectivity index (χ0n) is 21.3. The Labute approximate surface area is 230 Å². The van der Waals surface area contributed by atoms with Crippen LogP contribution < -0.4 is 19.3 Å². The molecular formula is C25H21F3N6O6S. The molecule has 0 radical (unpaired) electrons. The number of anilines is 2. The standard InChI is InChI=1S/C25H21F3N6O6S/c1-41(37,38)8-2-7-39-23-20-10-19(13-30-22(20)31-32-23)40-18-5-3-16(4-6-18)34-21(35)14-33(24(34)36)17-9-15(11-29-12-17)25(26,27)28/h3-6,9-13H,2,7-8,14H2,1H3,(H,30,31,32). The summed E-state index contributed by atoms with van der Waals surface area (Å²) >= 11 is 0. The second-order valence-electron chi connectivity index (χ2n) is 9.05. The number of nitrogens with zero attached hydrogens (tertiary/aromatic N) is 5. The number of hydrogen-bond donors (Lipinski definition) is 1. The second-order valence-corrected chi connectivity index (χ2v) is 11.3. The van der Waals surface area contributed by atoms with Crippen LogP contribution in [0.2, 0.25) is 0 Å². The zero-order valence-corrected chi connectivity index (χ0v) is 22.1. The van der Waals surface area contributed by atoms with Crippen LogP contribution in [-0.4, -0.2) is 65.7 Å². The molecule has 0 atom stereocenters. The Morgan fingerprint density at radius 1 is 1.02 bits per heavy atom. The van der Waals surface area contributed by atoms with Crippen molar-refractivity contribution in [2.45, 2.75) is 12.6 Å². The first-order valence-electron chi connectivity index (χ1n) is 12.0. The van der Waals surface area contributed by atoms with E-state index >= 15 is 0 Å². The van der Waals surface area contributed by atoms with Gasteiger partial charge in [-0.25, -0.2) is 23.1 Å². The number of benzene rings is 1. The van der Waals surface area contributed by atoms with Gasteiger partial charge in [0.05, 0.1) is 47.1 Å². The summed E-state index contributed by atoms with van der Waals surface area (Å²) in [4.78, 5) is 35.1. The molecule has 1 aliphatic heterocycles. The van der Waals surface area contributed by atoms with E-state index < -0.39 is 40.1 Å². The van der Waals surface area contributed by atoms with E-state index in [-0.39, 0.29) is 29.6 Å². The molecule has 12 nitrogen and oxygen atoms in total. The normalized spacial score (nSPS) is 14.2. The fraction of sp³-hybridized carbons (Fsp3) is 0.240. The molecule has 41 heavy (non-hydrogen) atoms. The number of carbonyl (C=O) groups excluding carboxylic acids is 2. The van der Waals surface area contributed by atoms with Crippen molar-refractivity contribution in [3.63, 3.8) is 0 Å². The highest BCUT2D eigenvalue weighted by Gasteiger charge is 2.39. The molecule has 0 spiro atoms. The van der Waals surface area contributed by atoms with Crippen LogP contribution in [0.5, 0.6) is 17.4 Å². The molecule has 1 aliphatic rings. The van der Waals surface area contributed by atoms with E-state index in [2.05, 4.69) is 20.2 Å². The number of ether oxygens (including phenoxy) is 2. The number of aromatic amines is 1. The third-order valence-electron chi connectivity index (χ3n) is 5.91. The Kier molecular flexibility index (Phi) is 7.25. The molecule has 5 rings (SSSR count). The third-order valence-corrected chi connectivity index (χ3v) is 6.94. The Hall–Kier alpha value is -4.73.